The zero-order valence-corrected chi connectivity index (χ0v) is 14.9. The number of fused-ring (bicyclic) bond motifs is 1. The Kier molecular flexibility index (Phi) is 4.46. The molecule has 0 N–H and O–H groups in total. The van der Waals surface area contributed by atoms with Crippen molar-refractivity contribution in [1.82, 2.24) is 10.2 Å². The number of hydrogen-bond acceptors (Lipinski definition) is 5. The normalized spacial score (nSPS) is 14.3. The number of benzene rings is 2. The van der Waals surface area contributed by atoms with Crippen LogP contribution in [0.2, 0.25) is 0 Å². The predicted molar refractivity (Wildman–Crippen MR) is 97.5 cm³/mol. The molecule has 0 fully saturated rings. The van der Waals surface area contributed by atoms with Crippen molar-refractivity contribution >= 4 is 23.4 Å². The Morgan fingerprint density at radius 3 is 2.77 bits per heavy atom. The van der Waals surface area contributed by atoms with Gasteiger partial charge in [-0.15, -0.1) is 10.2 Å². The number of thioether (sulfide) groups is 1. The largest absolute Gasteiger partial charge is 0.411 e. The Morgan fingerprint density at radius 1 is 1.19 bits per heavy atom. The maximum absolute atomic E-state index is 13.0. The van der Waals surface area contributed by atoms with E-state index in [1.54, 1.807) is 12.1 Å². The molecule has 1 atom stereocenters. The Morgan fingerprint density at radius 2 is 1.96 bits per heavy atom. The molecule has 26 heavy (non-hydrogen) atoms. The number of hydrogen-bond donors (Lipinski definition) is 0. The minimum Gasteiger partial charge on any atom is -0.411 e. The van der Waals surface area contributed by atoms with Crippen LogP contribution in [0.1, 0.15) is 12.5 Å². The van der Waals surface area contributed by atoms with Gasteiger partial charge in [0, 0.05) is 17.8 Å². The molecule has 0 bridgehead atoms. The smallest absolute Gasteiger partial charge is 0.277 e. The second-order valence-electron chi connectivity index (χ2n) is 6.01. The topological polar surface area (TPSA) is 59.2 Å². The molecule has 1 aromatic heterocycles. The first-order chi connectivity index (χ1) is 12.6. The number of carbonyl (C=O) groups is 1. The number of rotatable bonds is 4. The zero-order valence-electron chi connectivity index (χ0n) is 14.1. The molecule has 7 heteroatoms. The van der Waals surface area contributed by atoms with Crippen molar-refractivity contribution in [2.24, 2.45) is 0 Å². The summed E-state index contributed by atoms with van der Waals surface area (Å²) in [5.41, 5.74) is 2.80. The van der Waals surface area contributed by atoms with Crippen molar-refractivity contribution in [1.29, 1.82) is 0 Å². The molecule has 132 valence electrons. The minimum atomic E-state index is -0.359. The second-order valence-corrected chi connectivity index (χ2v) is 7.30. The lowest BCUT2D eigenvalue weighted by atomic mass is 10.2. The van der Waals surface area contributed by atoms with Crippen LogP contribution in [0.5, 0.6) is 0 Å². The molecule has 0 radical (unpaired) electrons. The number of aromatic nitrogens is 2. The summed E-state index contributed by atoms with van der Waals surface area (Å²) in [6.45, 7) is 2.52. The number of nitrogens with zero attached hydrogens (tertiary/aromatic N) is 3. The summed E-state index contributed by atoms with van der Waals surface area (Å²) in [6, 6.07) is 13.8. The number of para-hydroxylation sites is 1. The van der Waals surface area contributed by atoms with E-state index < -0.39 is 0 Å². The van der Waals surface area contributed by atoms with Gasteiger partial charge in [0.2, 0.25) is 11.8 Å². The lowest BCUT2D eigenvalue weighted by Crippen LogP contribution is -2.35. The average molecular weight is 369 g/mol. The molecule has 0 spiro atoms. The van der Waals surface area contributed by atoms with E-state index in [1.807, 2.05) is 36.1 Å². The third-order valence-electron chi connectivity index (χ3n) is 4.28. The molecule has 0 saturated carbocycles. The third-order valence-corrected chi connectivity index (χ3v) is 5.20. The van der Waals surface area contributed by atoms with E-state index in [2.05, 4.69) is 10.2 Å². The molecular formula is C19H16FN3O2S. The Bertz CT molecular complexity index is 942. The first-order valence-corrected chi connectivity index (χ1v) is 9.15. The van der Waals surface area contributed by atoms with Crippen molar-refractivity contribution in [3.63, 3.8) is 0 Å². The summed E-state index contributed by atoms with van der Waals surface area (Å²) < 4.78 is 18.6. The van der Waals surface area contributed by atoms with Gasteiger partial charge in [0.05, 0.1) is 5.25 Å². The van der Waals surface area contributed by atoms with E-state index in [9.17, 15) is 9.18 Å². The van der Waals surface area contributed by atoms with Crippen LogP contribution in [-0.2, 0) is 11.2 Å². The molecular weight excluding hydrogens is 353 g/mol. The molecule has 2 heterocycles. The average Bonchev–Trinajstić information content (AvgIpc) is 3.29. The van der Waals surface area contributed by atoms with Crippen LogP contribution in [0, 0.1) is 5.82 Å². The number of amides is 1. The lowest BCUT2D eigenvalue weighted by molar-refractivity contribution is -0.117. The van der Waals surface area contributed by atoms with Crippen molar-refractivity contribution in [3.05, 3.63) is 59.9 Å². The highest BCUT2D eigenvalue weighted by molar-refractivity contribution is 8.00. The van der Waals surface area contributed by atoms with E-state index in [0.717, 1.165) is 12.1 Å². The van der Waals surface area contributed by atoms with Crippen molar-refractivity contribution in [3.8, 4) is 11.5 Å². The van der Waals surface area contributed by atoms with Crippen LogP contribution in [0.25, 0.3) is 11.5 Å². The van der Waals surface area contributed by atoms with Crippen LogP contribution in [-0.4, -0.2) is 27.9 Å². The lowest BCUT2D eigenvalue weighted by Gasteiger charge is -2.20. The van der Waals surface area contributed by atoms with E-state index in [-0.39, 0.29) is 17.0 Å². The van der Waals surface area contributed by atoms with Gasteiger partial charge >= 0.3 is 0 Å². The van der Waals surface area contributed by atoms with Gasteiger partial charge in [0.25, 0.3) is 5.22 Å². The molecule has 2 aromatic carbocycles. The maximum Gasteiger partial charge on any atom is 0.277 e. The van der Waals surface area contributed by atoms with Gasteiger partial charge in [-0.3, -0.25) is 4.79 Å². The van der Waals surface area contributed by atoms with Gasteiger partial charge in [-0.25, -0.2) is 4.39 Å². The molecule has 1 aliphatic rings. The van der Waals surface area contributed by atoms with E-state index in [0.29, 0.717) is 23.2 Å². The summed E-state index contributed by atoms with van der Waals surface area (Å²) in [7, 11) is 0. The van der Waals surface area contributed by atoms with E-state index in [4.69, 9.17) is 4.42 Å². The molecule has 1 amide bonds. The molecule has 0 unspecified atom stereocenters. The van der Waals surface area contributed by atoms with Gasteiger partial charge in [-0.1, -0.05) is 30.0 Å². The standard InChI is InChI=1S/C19H16FN3O2S/c1-12(18(24)23-11-10-13-4-2-3-5-16(13)23)26-19-22-21-17(25-19)14-6-8-15(20)9-7-14/h2-9,12H,10-11H2,1H3/t12-/m1/s1. The van der Waals surface area contributed by atoms with Gasteiger partial charge in [0.15, 0.2) is 0 Å². The van der Waals surface area contributed by atoms with Crippen LogP contribution in [0.3, 0.4) is 0 Å². The van der Waals surface area contributed by atoms with Crippen LogP contribution in [0.15, 0.2) is 58.2 Å². The third kappa shape index (κ3) is 3.22. The maximum atomic E-state index is 13.0. The molecule has 3 aromatic rings. The fourth-order valence-corrected chi connectivity index (χ4v) is 3.70. The van der Waals surface area contributed by atoms with Gasteiger partial charge in [0.1, 0.15) is 5.82 Å². The highest BCUT2D eigenvalue weighted by Crippen LogP contribution is 2.32. The predicted octanol–water partition coefficient (Wildman–Crippen LogP) is 3.95. The highest BCUT2D eigenvalue weighted by atomic mass is 32.2. The molecule has 0 saturated heterocycles. The van der Waals surface area contributed by atoms with Crippen molar-refractivity contribution in [2.75, 3.05) is 11.4 Å². The molecule has 0 aliphatic carbocycles. The van der Waals surface area contributed by atoms with Crippen LogP contribution < -0.4 is 4.90 Å². The zero-order chi connectivity index (χ0) is 18.1. The van der Waals surface area contributed by atoms with Crippen molar-refractivity contribution < 1.29 is 13.6 Å². The highest BCUT2D eigenvalue weighted by Gasteiger charge is 2.29. The fraction of sp³-hybridized carbons (Fsp3) is 0.211. The summed E-state index contributed by atoms with van der Waals surface area (Å²) in [4.78, 5) is 14.6. The van der Waals surface area contributed by atoms with Gasteiger partial charge in [-0.2, -0.15) is 0 Å². The van der Waals surface area contributed by atoms with Gasteiger partial charge in [-0.05, 0) is 49.2 Å². The summed E-state index contributed by atoms with van der Waals surface area (Å²) in [5, 5.41) is 7.93. The van der Waals surface area contributed by atoms with E-state index >= 15 is 0 Å². The number of halogens is 1. The summed E-state index contributed by atoms with van der Waals surface area (Å²) in [6.07, 6.45) is 0.870. The van der Waals surface area contributed by atoms with Crippen LogP contribution >= 0.6 is 11.8 Å². The summed E-state index contributed by atoms with van der Waals surface area (Å²) in [5.74, 6) is -0.00636. The fourth-order valence-electron chi connectivity index (χ4n) is 2.95. The monoisotopic (exact) mass is 369 g/mol. The van der Waals surface area contributed by atoms with Crippen molar-refractivity contribution in [2.45, 2.75) is 23.8 Å². The molecule has 4 rings (SSSR count). The molecule has 1 aliphatic heterocycles. The number of carbonyl (C=O) groups excluding carboxylic acids is 1. The Hall–Kier alpha value is -2.67. The molecule has 5 nitrogen and oxygen atoms in total. The number of anilines is 1. The van der Waals surface area contributed by atoms with Gasteiger partial charge < -0.3 is 9.32 Å². The van der Waals surface area contributed by atoms with Crippen LogP contribution in [0.4, 0.5) is 10.1 Å². The first kappa shape index (κ1) is 16.8. The summed E-state index contributed by atoms with van der Waals surface area (Å²) >= 11 is 1.23. The quantitative estimate of drug-likeness (QED) is 0.652. The first-order valence-electron chi connectivity index (χ1n) is 8.27. The second kappa shape index (κ2) is 6.92. The minimum absolute atomic E-state index is 0.0153. The SMILES string of the molecule is C[C@@H](Sc1nnc(-c2ccc(F)cc2)o1)C(=O)N1CCc2ccccc21. The van der Waals surface area contributed by atoms with E-state index in [1.165, 1.54) is 29.5 Å². The Labute approximate surface area is 154 Å². The Balaban J connectivity index is 1.46.